The van der Waals surface area contributed by atoms with Crippen LogP contribution >= 0.6 is 0 Å². The van der Waals surface area contributed by atoms with Crippen LogP contribution in [-0.4, -0.2) is 36.9 Å². The van der Waals surface area contributed by atoms with Crippen LogP contribution in [0.5, 0.6) is 0 Å². The summed E-state index contributed by atoms with van der Waals surface area (Å²) >= 11 is 0. The molecule has 1 aliphatic rings. The maximum atomic E-state index is 13.7. The largest absolute Gasteiger partial charge is 0.355 e. The van der Waals surface area contributed by atoms with E-state index in [0.717, 1.165) is 34.4 Å². The minimum atomic E-state index is -3.91. The van der Waals surface area contributed by atoms with Crippen LogP contribution in [0.15, 0.2) is 51.9 Å². The maximum Gasteiger partial charge on any atom is 0.248 e. The molecule has 7 nitrogen and oxygen atoms in total. The maximum absolute atomic E-state index is 13.7. The van der Waals surface area contributed by atoms with Crippen molar-refractivity contribution in [3.05, 3.63) is 76.2 Å². The zero-order valence-electron chi connectivity index (χ0n) is 21.2. The molecule has 1 aliphatic heterocycles. The number of aromatic nitrogens is 1. The zero-order chi connectivity index (χ0) is 25.9. The minimum Gasteiger partial charge on any atom is -0.355 e. The number of aryl methyl sites for hydroxylation is 4. The third kappa shape index (κ3) is 5.44. The van der Waals surface area contributed by atoms with Crippen LogP contribution in [0.25, 0.3) is 12.2 Å². The number of piperidine rings is 1. The van der Waals surface area contributed by atoms with E-state index in [2.05, 4.69) is 10.5 Å². The van der Waals surface area contributed by atoms with E-state index in [1.165, 1.54) is 4.31 Å². The Bertz CT molecular complexity index is 1390. The van der Waals surface area contributed by atoms with E-state index in [1.54, 1.807) is 13.0 Å². The Balaban J connectivity index is 1.55. The van der Waals surface area contributed by atoms with E-state index >= 15 is 0 Å². The number of carbonyl (C=O) groups is 1. The quantitative estimate of drug-likeness (QED) is 0.464. The van der Waals surface area contributed by atoms with Crippen LogP contribution in [-0.2, 0) is 21.2 Å². The molecule has 0 aliphatic carbocycles. The molecule has 3 aromatic rings. The summed E-state index contributed by atoms with van der Waals surface area (Å²) in [7, 11) is -3.91. The number of rotatable bonds is 7. The van der Waals surface area contributed by atoms with Gasteiger partial charge in [-0.25, -0.2) is 8.42 Å². The standard InChI is InChI=1S/C28H33N3O4S/c1-5-22-9-6-7-11-25(22)29-28(32)24-10-8-16-31(18-24)36(33,34)27-21(4)30-35-26(27)15-14-23-17-19(2)12-13-20(23)3/h6-7,9,11-15,17,24H,5,8,10,16,18H2,1-4H3,(H,29,32)/b15-14+. The second-order valence-electron chi connectivity index (χ2n) is 9.36. The number of sulfonamides is 1. The first-order valence-corrected chi connectivity index (χ1v) is 13.7. The van der Waals surface area contributed by atoms with Gasteiger partial charge in [-0.3, -0.25) is 4.79 Å². The van der Waals surface area contributed by atoms with Crippen molar-refractivity contribution in [1.29, 1.82) is 0 Å². The number of hydrogen-bond acceptors (Lipinski definition) is 5. The first-order chi connectivity index (χ1) is 17.2. The normalized spacial score (nSPS) is 16.9. The molecule has 1 N–H and O–H groups in total. The van der Waals surface area contributed by atoms with Crippen molar-refractivity contribution in [2.45, 2.75) is 51.9 Å². The van der Waals surface area contributed by atoms with E-state index in [0.29, 0.717) is 25.1 Å². The third-order valence-corrected chi connectivity index (χ3v) is 8.72. The molecule has 190 valence electrons. The van der Waals surface area contributed by atoms with Gasteiger partial charge in [-0.1, -0.05) is 60.1 Å². The summed E-state index contributed by atoms with van der Waals surface area (Å²) in [6.07, 6.45) is 5.54. The number of nitrogens with zero attached hydrogens (tertiary/aromatic N) is 2. The van der Waals surface area contributed by atoms with Gasteiger partial charge in [0.25, 0.3) is 0 Å². The van der Waals surface area contributed by atoms with Crippen molar-refractivity contribution in [2.24, 2.45) is 5.92 Å². The predicted octanol–water partition coefficient (Wildman–Crippen LogP) is 5.37. The molecule has 0 saturated carbocycles. The van der Waals surface area contributed by atoms with Gasteiger partial charge in [0.2, 0.25) is 15.9 Å². The van der Waals surface area contributed by atoms with Crippen molar-refractivity contribution in [3.8, 4) is 0 Å². The summed E-state index contributed by atoms with van der Waals surface area (Å²) < 4.78 is 34.2. The van der Waals surface area contributed by atoms with Crippen LogP contribution in [0.4, 0.5) is 5.69 Å². The Morgan fingerprint density at radius 1 is 1.17 bits per heavy atom. The lowest BCUT2D eigenvalue weighted by molar-refractivity contribution is -0.120. The molecule has 1 aromatic heterocycles. The average molecular weight is 508 g/mol. The number of nitrogens with one attached hydrogen (secondary N) is 1. The second kappa shape index (κ2) is 10.8. The van der Waals surface area contributed by atoms with Crippen molar-refractivity contribution >= 4 is 33.8 Å². The van der Waals surface area contributed by atoms with Gasteiger partial charge in [0.15, 0.2) is 10.7 Å². The molecule has 2 aromatic carbocycles. The van der Waals surface area contributed by atoms with E-state index in [9.17, 15) is 13.2 Å². The number of benzene rings is 2. The highest BCUT2D eigenvalue weighted by Gasteiger charge is 2.37. The molecule has 1 saturated heterocycles. The lowest BCUT2D eigenvalue weighted by Crippen LogP contribution is -2.44. The number of hydrogen-bond donors (Lipinski definition) is 1. The Labute approximate surface area is 213 Å². The zero-order valence-corrected chi connectivity index (χ0v) is 22.1. The summed E-state index contributed by atoms with van der Waals surface area (Å²) in [5.74, 6) is -0.405. The highest BCUT2D eigenvalue weighted by atomic mass is 32.2. The minimum absolute atomic E-state index is 0.0569. The Hall–Kier alpha value is -3.23. The Morgan fingerprint density at radius 2 is 1.94 bits per heavy atom. The van der Waals surface area contributed by atoms with Crippen molar-refractivity contribution < 1.29 is 17.7 Å². The van der Waals surface area contributed by atoms with Crippen LogP contribution in [0, 0.1) is 26.7 Å². The summed E-state index contributed by atoms with van der Waals surface area (Å²) in [5, 5.41) is 6.95. The van der Waals surface area contributed by atoms with Gasteiger partial charge in [0.05, 0.1) is 5.92 Å². The predicted molar refractivity (Wildman–Crippen MR) is 142 cm³/mol. The first kappa shape index (κ1) is 25.9. The van der Waals surface area contributed by atoms with E-state index < -0.39 is 15.9 Å². The fourth-order valence-electron chi connectivity index (χ4n) is 4.59. The molecule has 4 rings (SSSR count). The SMILES string of the molecule is CCc1ccccc1NC(=O)C1CCCN(S(=O)(=O)c2c(C)noc2/C=C/c2cc(C)ccc2C)C1. The Kier molecular flexibility index (Phi) is 7.76. The number of anilines is 1. The van der Waals surface area contributed by atoms with Gasteiger partial charge in [-0.2, -0.15) is 4.31 Å². The van der Waals surface area contributed by atoms with Gasteiger partial charge in [0.1, 0.15) is 5.69 Å². The average Bonchev–Trinajstić information content (AvgIpc) is 3.26. The van der Waals surface area contributed by atoms with Gasteiger partial charge in [0, 0.05) is 18.8 Å². The first-order valence-electron chi connectivity index (χ1n) is 12.3. The molecule has 0 radical (unpaired) electrons. The molecule has 1 fully saturated rings. The number of para-hydroxylation sites is 1. The van der Waals surface area contributed by atoms with Crippen LogP contribution in [0.1, 0.15) is 53.5 Å². The molecule has 1 unspecified atom stereocenters. The summed E-state index contributed by atoms with van der Waals surface area (Å²) in [5.41, 5.74) is 5.30. The van der Waals surface area contributed by atoms with Crippen LogP contribution in [0.3, 0.4) is 0 Å². The third-order valence-electron chi connectivity index (χ3n) is 6.69. The van der Waals surface area contributed by atoms with Gasteiger partial charge < -0.3 is 9.84 Å². The van der Waals surface area contributed by atoms with Crippen molar-refractivity contribution in [2.75, 3.05) is 18.4 Å². The van der Waals surface area contributed by atoms with Crippen molar-refractivity contribution in [3.63, 3.8) is 0 Å². The van der Waals surface area contributed by atoms with Gasteiger partial charge in [-0.15, -0.1) is 0 Å². The van der Waals surface area contributed by atoms with E-state index in [4.69, 9.17) is 4.52 Å². The summed E-state index contributed by atoms with van der Waals surface area (Å²) in [4.78, 5) is 13.1. The highest BCUT2D eigenvalue weighted by Crippen LogP contribution is 2.30. The van der Waals surface area contributed by atoms with Crippen LogP contribution in [0.2, 0.25) is 0 Å². The summed E-state index contributed by atoms with van der Waals surface area (Å²) in [6, 6.07) is 13.8. The molecular formula is C28H33N3O4S. The number of carbonyl (C=O) groups excluding carboxylic acids is 1. The smallest absolute Gasteiger partial charge is 0.248 e. The fraction of sp³-hybridized carbons (Fsp3) is 0.357. The van der Waals surface area contributed by atoms with Crippen LogP contribution < -0.4 is 5.32 Å². The molecule has 0 spiro atoms. The molecule has 36 heavy (non-hydrogen) atoms. The fourth-order valence-corrected chi connectivity index (χ4v) is 6.37. The molecule has 1 atom stereocenters. The molecular weight excluding hydrogens is 474 g/mol. The number of amides is 1. The molecule has 8 heteroatoms. The van der Waals surface area contributed by atoms with E-state index in [-0.39, 0.29) is 23.1 Å². The second-order valence-corrected chi connectivity index (χ2v) is 11.2. The topological polar surface area (TPSA) is 92.5 Å². The van der Waals surface area contributed by atoms with Gasteiger partial charge >= 0.3 is 0 Å². The Morgan fingerprint density at radius 3 is 2.72 bits per heavy atom. The lowest BCUT2D eigenvalue weighted by Gasteiger charge is -2.31. The lowest BCUT2D eigenvalue weighted by atomic mass is 9.98. The van der Waals surface area contributed by atoms with Gasteiger partial charge in [-0.05, 0) is 68.9 Å². The molecule has 0 bridgehead atoms. The molecule has 2 heterocycles. The van der Waals surface area contributed by atoms with Crippen molar-refractivity contribution in [1.82, 2.24) is 9.46 Å². The highest BCUT2D eigenvalue weighted by molar-refractivity contribution is 7.89. The monoisotopic (exact) mass is 507 g/mol. The molecule has 1 amide bonds. The van der Waals surface area contributed by atoms with E-state index in [1.807, 2.05) is 69.3 Å². The summed E-state index contributed by atoms with van der Waals surface area (Å²) in [6.45, 7) is 8.14.